The van der Waals surface area contributed by atoms with Crippen LogP contribution in [0.15, 0.2) is 47.6 Å². The number of carbonyl (C=O) groups excluding carboxylic acids is 1. The van der Waals surface area contributed by atoms with Gasteiger partial charge in [0.15, 0.2) is 0 Å². The Bertz CT molecular complexity index is 708. The van der Waals surface area contributed by atoms with E-state index in [1.165, 1.54) is 5.56 Å². The molecule has 0 bridgehead atoms. The molecule has 0 fully saturated rings. The van der Waals surface area contributed by atoms with Gasteiger partial charge in [-0.25, -0.2) is 5.43 Å². The Labute approximate surface area is 137 Å². The van der Waals surface area contributed by atoms with E-state index in [9.17, 15) is 4.79 Å². The number of hydrazone groups is 1. The molecule has 0 aromatic heterocycles. The maximum atomic E-state index is 12.0. The van der Waals surface area contributed by atoms with Crippen LogP contribution in [-0.4, -0.2) is 18.7 Å². The molecule has 0 aliphatic heterocycles. The van der Waals surface area contributed by atoms with Gasteiger partial charge >= 0.3 is 0 Å². The fourth-order valence-electron chi connectivity index (χ4n) is 2.29. The third-order valence-corrected chi connectivity index (χ3v) is 3.42. The number of ether oxygens (including phenoxy) is 1. The second-order valence-corrected chi connectivity index (χ2v) is 5.41. The Kier molecular flexibility index (Phi) is 5.92. The van der Waals surface area contributed by atoms with Crippen molar-refractivity contribution in [1.29, 1.82) is 0 Å². The Morgan fingerprint density at radius 2 is 2.04 bits per heavy atom. The molecule has 1 amide bonds. The lowest BCUT2D eigenvalue weighted by molar-refractivity contribution is -0.120. The highest BCUT2D eigenvalue weighted by atomic mass is 16.5. The summed E-state index contributed by atoms with van der Waals surface area (Å²) in [5.74, 6) is 0.659. The van der Waals surface area contributed by atoms with Crippen molar-refractivity contribution in [3.8, 4) is 5.75 Å². The van der Waals surface area contributed by atoms with Crippen LogP contribution in [0, 0.1) is 13.8 Å². The molecular weight excluding hydrogens is 288 g/mol. The van der Waals surface area contributed by atoms with Crippen molar-refractivity contribution in [3.63, 3.8) is 0 Å². The number of nitrogens with one attached hydrogen (secondary N) is 1. The number of hydrogen-bond acceptors (Lipinski definition) is 3. The molecule has 2 rings (SSSR count). The fraction of sp³-hybridized carbons (Fsp3) is 0.263. The highest BCUT2D eigenvalue weighted by Gasteiger charge is 2.05. The maximum absolute atomic E-state index is 12.0. The molecule has 2 aromatic rings. The van der Waals surface area contributed by atoms with E-state index in [0.717, 1.165) is 22.4 Å². The standard InChI is InChI=1S/C19H22N2O2/c1-4-23-18-7-5-6-16(11-18)13-20-21-19(22)12-17-9-8-14(2)10-15(17)3/h5-11,13H,4,12H2,1-3H3,(H,21,22)/b20-13+. The average Bonchev–Trinajstić information content (AvgIpc) is 2.51. The molecule has 0 aliphatic rings. The molecule has 2 aromatic carbocycles. The number of rotatable bonds is 6. The molecule has 0 aliphatic carbocycles. The quantitative estimate of drug-likeness (QED) is 0.657. The lowest BCUT2D eigenvalue weighted by Crippen LogP contribution is -2.20. The molecule has 0 unspecified atom stereocenters. The summed E-state index contributed by atoms with van der Waals surface area (Å²) in [6.45, 7) is 6.61. The lowest BCUT2D eigenvalue weighted by atomic mass is 10.0. The summed E-state index contributed by atoms with van der Waals surface area (Å²) in [5, 5.41) is 4.01. The first-order chi connectivity index (χ1) is 11.1. The molecule has 0 heterocycles. The van der Waals surface area contributed by atoms with E-state index < -0.39 is 0 Å². The van der Waals surface area contributed by atoms with Crippen molar-refractivity contribution in [2.45, 2.75) is 27.2 Å². The molecule has 0 saturated heterocycles. The summed E-state index contributed by atoms with van der Waals surface area (Å²) in [6, 6.07) is 13.6. The van der Waals surface area contributed by atoms with Crippen molar-refractivity contribution in [3.05, 3.63) is 64.7 Å². The zero-order valence-corrected chi connectivity index (χ0v) is 13.8. The molecule has 0 radical (unpaired) electrons. The third kappa shape index (κ3) is 5.25. The number of aryl methyl sites for hydroxylation is 2. The van der Waals surface area contributed by atoms with Gasteiger partial charge in [0, 0.05) is 0 Å². The highest BCUT2D eigenvalue weighted by Crippen LogP contribution is 2.12. The van der Waals surface area contributed by atoms with Crippen LogP contribution in [0.5, 0.6) is 5.75 Å². The van der Waals surface area contributed by atoms with Gasteiger partial charge in [0.2, 0.25) is 5.91 Å². The van der Waals surface area contributed by atoms with Crippen molar-refractivity contribution < 1.29 is 9.53 Å². The number of amides is 1. The summed E-state index contributed by atoms with van der Waals surface area (Å²) in [6.07, 6.45) is 1.94. The number of carbonyl (C=O) groups is 1. The van der Waals surface area contributed by atoms with E-state index >= 15 is 0 Å². The summed E-state index contributed by atoms with van der Waals surface area (Å²) in [7, 11) is 0. The first-order valence-electron chi connectivity index (χ1n) is 7.69. The maximum Gasteiger partial charge on any atom is 0.244 e. The van der Waals surface area contributed by atoms with Crippen molar-refractivity contribution in [1.82, 2.24) is 5.43 Å². The number of nitrogens with zero attached hydrogens (tertiary/aromatic N) is 1. The normalized spacial score (nSPS) is 10.7. The van der Waals surface area contributed by atoms with Crippen LogP contribution in [0.2, 0.25) is 0 Å². The van der Waals surface area contributed by atoms with Gasteiger partial charge in [-0.3, -0.25) is 4.79 Å². The van der Waals surface area contributed by atoms with Gasteiger partial charge in [0.05, 0.1) is 19.2 Å². The van der Waals surface area contributed by atoms with Crippen LogP contribution in [0.4, 0.5) is 0 Å². The number of benzene rings is 2. The number of hydrogen-bond donors (Lipinski definition) is 1. The average molecular weight is 310 g/mol. The summed E-state index contributed by atoms with van der Waals surface area (Å²) in [5.41, 5.74) is 6.77. The largest absolute Gasteiger partial charge is 0.494 e. The monoisotopic (exact) mass is 310 g/mol. The summed E-state index contributed by atoms with van der Waals surface area (Å²) < 4.78 is 5.43. The van der Waals surface area contributed by atoms with Crippen LogP contribution < -0.4 is 10.2 Å². The molecule has 0 atom stereocenters. The minimum atomic E-state index is -0.130. The van der Waals surface area contributed by atoms with Crippen molar-refractivity contribution >= 4 is 12.1 Å². The van der Waals surface area contributed by atoms with Crippen molar-refractivity contribution in [2.75, 3.05) is 6.61 Å². The fourth-order valence-corrected chi connectivity index (χ4v) is 2.29. The van der Waals surface area contributed by atoms with Gasteiger partial charge in [0.1, 0.15) is 5.75 Å². The second-order valence-electron chi connectivity index (χ2n) is 5.41. The summed E-state index contributed by atoms with van der Waals surface area (Å²) in [4.78, 5) is 12.0. The van der Waals surface area contributed by atoms with Gasteiger partial charge in [-0.05, 0) is 49.6 Å². The van der Waals surface area contributed by atoms with Crippen molar-refractivity contribution in [2.24, 2.45) is 5.10 Å². The van der Waals surface area contributed by atoms with E-state index in [1.54, 1.807) is 6.21 Å². The van der Waals surface area contributed by atoms with E-state index in [1.807, 2.05) is 57.2 Å². The minimum Gasteiger partial charge on any atom is -0.494 e. The zero-order valence-electron chi connectivity index (χ0n) is 13.8. The van der Waals surface area contributed by atoms with E-state index in [2.05, 4.69) is 16.6 Å². The zero-order chi connectivity index (χ0) is 16.7. The molecule has 4 nitrogen and oxygen atoms in total. The van der Waals surface area contributed by atoms with Crippen LogP contribution >= 0.6 is 0 Å². The Morgan fingerprint density at radius 1 is 1.22 bits per heavy atom. The van der Waals surface area contributed by atoms with E-state index in [4.69, 9.17) is 4.74 Å². The van der Waals surface area contributed by atoms with Crippen LogP contribution in [0.25, 0.3) is 0 Å². The third-order valence-electron chi connectivity index (χ3n) is 3.42. The predicted molar refractivity (Wildman–Crippen MR) is 93.0 cm³/mol. The van der Waals surface area contributed by atoms with Crippen LogP contribution in [-0.2, 0) is 11.2 Å². The second kappa shape index (κ2) is 8.13. The van der Waals surface area contributed by atoms with Gasteiger partial charge in [0.25, 0.3) is 0 Å². The Morgan fingerprint density at radius 3 is 2.78 bits per heavy atom. The molecule has 23 heavy (non-hydrogen) atoms. The van der Waals surface area contributed by atoms with E-state index in [-0.39, 0.29) is 5.91 Å². The first kappa shape index (κ1) is 16.7. The first-order valence-corrected chi connectivity index (χ1v) is 7.69. The van der Waals surface area contributed by atoms with Gasteiger partial charge in [-0.1, -0.05) is 35.9 Å². The molecule has 0 spiro atoms. The molecular formula is C19H22N2O2. The Hall–Kier alpha value is -2.62. The SMILES string of the molecule is CCOc1cccc(/C=N/NC(=O)Cc2ccc(C)cc2C)c1. The minimum absolute atomic E-state index is 0.130. The summed E-state index contributed by atoms with van der Waals surface area (Å²) >= 11 is 0. The topological polar surface area (TPSA) is 50.7 Å². The lowest BCUT2D eigenvalue weighted by Gasteiger charge is -2.06. The van der Waals surface area contributed by atoms with Crippen LogP contribution in [0.3, 0.4) is 0 Å². The molecule has 4 heteroatoms. The van der Waals surface area contributed by atoms with Gasteiger partial charge < -0.3 is 4.74 Å². The van der Waals surface area contributed by atoms with Crippen LogP contribution in [0.1, 0.15) is 29.2 Å². The highest BCUT2D eigenvalue weighted by molar-refractivity contribution is 5.83. The predicted octanol–water partition coefficient (Wildman–Crippen LogP) is 3.39. The van der Waals surface area contributed by atoms with Gasteiger partial charge in [-0.2, -0.15) is 5.10 Å². The van der Waals surface area contributed by atoms with Gasteiger partial charge in [-0.15, -0.1) is 0 Å². The smallest absolute Gasteiger partial charge is 0.244 e. The molecule has 0 saturated carbocycles. The molecule has 1 N–H and O–H groups in total. The molecule has 120 valence electrons. The van der Waals surface area contributed by atoms with E-state index in [0.29, 0.717) is 13.0 Å². The Balaban J connectivity index is 1.92.